The number of ether oxygens (including phenoxy) is 2. The van der Waals surface area contributed by atoms with Gasteiger partial charge in [-0.1, -0.05) is 0 Å². The summed E-state index contributed by atoms with van der Waals surface area (Å²) in [4.78, 5) is 12.5. The molecule has 0 bridgehead atoms. The first-order chi connectivity index (χ1) is 14.7. The molecule has 10 heteroatoms. The van der Waals surface area contributed by atoms with Crippen molar-refractivity contribution in [1.82, 2.24) is 0 Å². The average molecular weight is 432 g/mol. The SMILES string of the molecule is CC1O[C@@H](Oc2ccc3c(=O)cc(-c4cc(O)c(O)c(O)c4)oc3c2)C(O)[C@@H](O)[C@H]1O. The fourth-order valence-corrected chi connectivity index (χ4v) is 3.34. The molecule has 0 saturated carbocycles. The van der Waals surface area contributed by atoms with Gasteiger partial charge in [-0.3, -0.25) is 4.79 Å². The molecule has 6 N–H and O–H groups in total. The Kier molecular flexibility index (Phi) is 5.23. The number of fused-ring (bicyclic) bond motifs is 1. The van der Waals surface area contributed by atoms with E-state index in [2.05, 4.69) is 0 Å². The van der Waals surface area contributed by atoms with E-state index in [1.165, 1.54) is 31.2 Å². The van der Waals surface area contributed by atoms with Gasteiger partial charge in [0.25, 0.3) is 0 Å². The summed E-state index contributed by atoms with van der Waals surface area (Å²) in [6, 6.07) is 7.69. The maximum atomic E-state index is 12.5. The summed E-state index contributed by atoms with van der Waals surface area (Å²) in [6.07, 6.45) is -6.31. The molecule has 1 aliphatic rings. The molecule has 3 aromatic rings. The van der Waals surface area contributed by atoms with Gasteiger partial charge in [-0.2, -0.15) is 0 Å². The van der Waals surface area contributed by atoms with E-state index < -0.39 is 53.4 Å². The summed E-state index contributed by atoms with van der Waals surface area (Å²) < 4.78 is 16.7. The Morgan fingerprint density at radius 1 is 0.903 bits per heavy atom. The summed E-state index contributed by atoms with van der Waals surface area (Å²) in [5, 5.41) is 58.9. The van der Waals surface area contributed by atoms with E-state index in [9.17, 15) is 35.4 Å². The number of hydrogen-bond acceptors (Lipinski definition) is 10. The van der Waals surface area contributed by atoms with E-state index in [1.54, 1.807) is 0 Å². The van der Waals surface area contributed by atoms with Crippen LogP contribution in [0.3, 0.4) is 0 Å². The largest absolute Gasteiger partial charge is 0.504 e. The quantitative estimate of drug-likeness (QED) is 0.325. The lowest BCUT2D eigenvalue weighted by Crippen LogP contribution is -2.58. The fourth-order valence-electron chi connectivity index (χ4n) is 3.34. The van der Waals surface area contributed by atoms with Gasteiger partial charge in [0, 0.05) is 17.7 Å². The van der Waals surface area contributed by atoms with Crippen LogP contribution in [0.1, 0.15) is 6.92 Å². The Morgan fingerprint density at radius 2 is 1.58 bits per heavy atom. The highest BCUT2D eigenvalue weighted by Crippen LogP contribution is 2.39. The van der Waals surface area contributed by atoms with Crippen LogP contribution in [0.5, 0.6) is 23.0 Å². The lowest BCUT2D eigenvalue weighted by Gasteiger charge is -2.38. The fraction of sp³-hybridized carbons (Fsp3) is 0.286. The first kappa shape index (κ1) is 20.9. The molecule has 2 heterocycles. The van der Waals surface area contributed by atoms with Crippen molar-refractivity contribution in [3.63, 3.8) is 0 Å². The minimum Gasteiger partial charge on any atom is -0.504 e. The maximum absolute atomic E-state index is 12.5. The normalized spacial score (nSPS) is 26.1. The third kappa shape index (κ3) is 3.77. The highest BCUT2D eigenvalue weighted by atomic mass is 16.7. The molecular formula is C21H20O10. The molecule has 10 nitrogen and oxygen atoms in total. The van der Waals surface area contributed by atoms with Crippen molar-refractivity contribution in [3.8, 4) is 34.3 Å². The van der Waals surface area contributed by atoms with Gasteiger partial charge < -0.3 is 44.5 Å². The Morgan fingerprint density at radius 3 is 2.26 bits per heavy atom. The number of phenolic OH excluding ortho intramolecular Hbond substituents is 3. The van der Waals surface area contributed by atoms with Crippen LogP contribution in [0.4, 0.5) is 0 Å². The van der Waals surface area contributed by atoms with Crippen molar-refractivity contribution in [2.24, 2.45) is 0 Å². The first-order valence-corrected chi connectivity index (χ1v) is 9.35. The zero-order valence-corrected chi connectivity index (χ0v) is 16.2. The summed E-state index contributed by atoms with van der Waals surface area (Å²) in [5.41, 5.74) is -0.156. The van der Waals surface area contributed by atoms with E-state index in [0.29, 0.717) is 0 Å². The van der Waals surface area contributed by atoms with Crippen molar-refractivity contribution in [1.29, 1.82) is 0 Å². The second-order valence-electron chi connectivity index (χ2n) is 7.30. The van der Waals surface area contributed by atoms with Crippen LogP contribution < -0.4 is 10.2 Å². The van der Waals surface area contributed by atoms with Crippen molar-refractivity contribution >= 4 is 11.0 Å². The lowest BCUT2D eigenvalue weighted by atomic mass is 10.00. The standard InChI is InChI=1S/C21H20O10/c1-8-17(25)19(27)20(28)21(29-8)30-10-2-3-11-12(22)7-15(31-16(11)6-10)9-4-13(23)18(26)14(24)5-9/h2-8,17,19-21,23-28H,1H3/t8?,17-,19-,20?,21-/m0/s1. The van der Waals surface area contributed by atoms with Crippen molar-refractivity contribution in [2.45, 2.75) is 37.6 Å². The van der Waals surface area contributed by atoms with Crippen LogP contribution in [0, 0.1) is 0 Å². The Hall–Kier alpha value is -3.31. The zero-order valence-electron chi connectivity index (χ0n) is 16.2. The number of rotatable bonds is 3. The maximum Gasteiger partial charge on any atom is 0.229 e. The first-order valence-electron chi connectivity index (χ1n) is 9.35. The van der Waals surface area contributed by atoms with Crippen LogP contribution in [-0.2, 0) is 4.74 Å². The number of aromatic hydroxyl groups is 3. The Labute approximate surface area is 174 Å². The van der Waals surface area contributed by atoms with Crippen LogP contribution >= 0.6 is 0 Å². The van der Waals surface area contributed by atoms with Crippen molar-refractivity contribution in [3.05, 3.63) is 46.6 Å². The molecule has 2 aromatic carbocycles. The van der Waals surface area contributed by atoms with Crippen LogP contribution in [0.2, 0.25) is 0 Å². The molecule has 1 fully saturated rings. The van der Waals surface area contributed by atoms with E-state index in [0.717, 1.165) is 12.1 Å². The number of aliphatic hydroxyl groups excluding tert-OH is 3. The van der Waals surface area contributed by atoms with Gasteiger partial charge in [-0.15, -0.1) is 0 Å². The smallest absolute Gasteiger partial charge is 0.229 e. The zero-order chi connectivity index (χ0) is 22.4. The third-order valence-corrected chi connectivity index (χ3v) is 5.12. The molecule has 31 heavy (non-hydrogen) atoms. The minimum atomic E-state index is -1.51. The molecule has 5 atom stereocenters. The van der Waals surface area contributed by atoms with Crippen molar-refractivity contribution < 1.29 is 44.5 Å². The summed E-state index contributed by atoms with van der Waals surface area (Å²) in [5.74, 6) is -1.71. The highest BCUT2D eigenvalue weighted by Gasteiger charge is 2.43. The van der Waals surface area contributed by atoms with E-state index in [4.69, 9.17) is 13.9 Å². The van der Waals surface area contributed by atoms with Crippen molar-refractivity contribution in [2.75, 3.05) is 0 Å². The topological polar surface area (TPSA) is 170 Å². The van der Waals surface area contributed by atoms with E-state index in [1.807, 2.05) is 0 Å². The molecule has 4 rings (SSSR count). The number of phenols is 3. The van der Waals surface area contributed by atoms with Gasteiger partial charge in [0.15, 0.2) is 22.7 Å². The summed E-state index contributed by atoms with van der Waals surface area (Å²) >= 11 is 0. The number of hydrogen-bond donors (Lipinski definition) is 6. The predicted octanol–water partition coefficient (Wildman–Crippen LogP) is 0.783. The van der Waals surface area contributed by atoms with E-state index >= 15 is 0 Å². The second-order valence-corrected chi connectivity index (χ2v) is 7.30. The average Bonchev–Trinajstić information content (AvgIpc) is 2.73. The van der Waals surface area contributed by atoms with Gasteiger partial charge in [-0.05, 0) is 31.2 Å². The molecule has 0 amide bonds. The Balaban J connectivity index is 1.70. The molecule has 0 spiro atoms. The van der Waals surface area contributed by atoms with Gasteiger partial charge in [0.2, 0.25) is 6.29 Å². The lowest BCUT2D eigenvalue weighted by molar-refractivity contribution is -0.268. The molecule has 164 valence electrons. The van der Waals surface area contributed by atoms with Gasteiger partial charge in [0.05, 0.1) is 11.5 Å². The molecule has 2 unspecified atom stereocenters. The van der Waals surface area contributed by atoms with Crippen LogP contribution in [-0.4, -0.2) is 61.3 Å². The summed E-state index contributed by atoms with van der Waals surface area (Å²) in [7, 11) is 0. The Bertz CT molecular complexity index is 1160. The van der Waals surface area contributed by atoms with Gasteiger partial charge >= 0.3 is 0 Å². The highest BCUT2D eigenvalue weighted by molar-refractivity contribution is 5.80. The molecular weight excluding hydrogens is 412 g/mol. The predicted molar refractivity (Wildman–Crippen MR) is 106 cm³/mol. The minimum absolute atomic E-state index is 0.0152. The van der Waals surface area contributed by atoms with Crippen LogP contribution in [0.25, 0.3) is 22.3 Å². The molecule has 1 aromatic heterocycles. The van der Waals surface area contributed by atoms with Gasteiger partial charge in [0.1, 0.15) is 35.4 Å². The molecule has 1 aliphatic heterocycles. The molecule has 0 radical (unpaired) electrons. The number of benzene rings is 2. The molecule has 0 aliphatic carbocycles. The third-order valence-electron chi connectivity index (χ3n) is 5.12. The summed E-state index contributed by atoms with van der Waals surface area (Å²) in [6.45, 7) is 1.52. The second kappa shape index (κ2) is 7.75. The van der Waals surface area contributed by atoms with E-state index in [-0.39, 0.29) is 28.0 Å². The monoisotopic (exact) mass is 432 g/mol. The number of aliphatic hydroxyl groups is 3. The molecule has 1 saturated heterocycles. The van der Waals surface area contributed by atoms with Crippen LogP contribution in [0.15, 0.2) is 45.6 Å². The van der Waals surface area contributed by atoms with Gasteiger partial charge in [-0.25, -0.2) is 0 Å².